The van der Waals surface area contributed by atoms with E-state index in [4.69, 9.17) is 18.9 Å². The Morgan fingerprint density at radius 3 is 2.33 bits per heavy atom. The molecule has 6 fully saturated rings. The molecule has 0 aromatic heterocycles. The van der Waals surface area contributed by atoms with Crippen molar-refractivity contribution < 1.29 is 48.7 Å². The minimum absolute atomic E-state index is 0.229. The molecular weight excluding hydrogens is 400 g/mol. The number of carbonyl (C=O) groups excluding carboxylic acids is 3. The first-order chi connectivity index (χ1) is 13.8. The average Bonchev–Trinajstić information content (AvgIpc) is 3.35. The maximum absolute atomic E-state index is 13.4. The van der Waals surface area contributed by atoms with E-state index in [9.17, 15) is 29.7 Å². The van der Waals surface area contributed by atoms with Crippen LogP contribution in [0.5, 0.6) is 0 Å². The van der Waals surface area contributed by atoms with Gasteiger partial charge in [0, 0.05) is 0 Å². The summed E-state index contributed by atoms with van der Waals surface area (Å²) in [7, 11) is 0. The van der Waals surface area contributed by atoms with Gasteiger partial charge in [0.05, 0.1) is 16.7 Å². The van der Waals surface area contributed by atoms with E-state index in [1.807, 2.05) is 20.8 Å². The Bertz CT molecular complexity index is 925. The van der Waals surface area contributed by atoms with Crippen molar-refractivity contribution in [3.8, 4) is 0 Å². The van der Waals surface area contributed by atoms with Crippen LogP contribution in [0.25, 0.3) is 0 Å². The second-order valence-corrected chi connectivity index (χ2v) is 10.7. The number of aliphatic hydroxyl groups is 3. The van der Waals surface area contributed by atoms with E-state index in [0.717, 1.165) is 0 Å². The lowest BCUT2D eigenvalue weighted by atomic mass is 9.51. The molecule has 0 bridgehead atoms. The molecule has 10 nitrogen and oxygen atoms in total. The van der Waals surface area contributed by atoms with Gasteiger partial charge in [0.25, 0.3) is 0 Å². The summed E-state index contributed by atoms with van der Waals surface area (Å²) in [4.78, 5) is 38.2. The number of aliphatic hydroxyl groups excluding tert-OH is 2. The van der Waals surface area contributed by atoms with Crippen LogP contribution in [0.3, 0.4) is 0 Å². The van der Waals surface area contributed by atoms with Crippen LogP contribution in [0.4, 0.5) is 0 Å². The molecule has 6 aliphatic rings. The maximum atomic E-state index is 13.4. The molecule has 0 aromatic rings. The Labute approximate surface area is 171 Å². The molecule has 3 N–H and O–H groups in total. The number of hydrogen-bond acceptors (Lipinski definition) is 10. The molecule has 2 spiro atoms. The SMILES string of the molecule is C[C@@H]1C(=O)OC2[C@H](O)C34[C@H]5C[C@@H](C(C)(C)C)C36[C@@H](OC(=O)[C@@H]6O)O[C@@]4(C(=O)O5)[C@]21O. The topological polar surface area (TPSA) is 149 Å². The third kappa shape index (κ3) is 1.33. The lowest BCUT2D eigenvalue weighted by Crippen LogP contribution is -2.67. The molecule has 3 unspecified atom stereocenters. The standard InChI is InChI=1S/C20H24O10/c1-6-12(23)28-11-9(21)18-8-5-7(16(2,3)4)17(18)10(22)13(24)29-15(17)30-20(18,14(25)27-8)19(6,11)26/h6-11,15,21-22,26H,5H2,1-4H3/t6-,7+,8-,9+,10+,11?,15+,17?,18?,19-,20-/m1/s1. The quantitative estimate of drug-likeness (QED) is 0.314. The zero-order chi connectivity index (χ0) is 21.8. The van der Waals surface area contributed by atoms with Gasteiger partial charge in [-0.2, -0.15) is 0 Å². The van der Waals surface area contributed by atoms with Gasteiger partial charge in [0.15, 0.2) is 17.8 Å². The molecule has 4 aliphatic heterocycles. The summed E-state index contributed by atoms with van der Waals surface area (Å²) in [6, 6.07) is 0. The van der Waals surface area contributed by atoms with Gasteiger partial charge in [-0.15, -0.1) is 0 Å². The van der Waals surface area contributed by atoms with Gasteiger partial charge in [-0.1, -0.05) is 20.8 Å². The van der Waals surface area contributed by atoms with Crippen LogP contribution in [-0.2, 0) is 33.3 Å². The number of carbonyl (C=O) groups is 3. The van der Waals surface area contributed by atoms with Gasteiger partial charge in [-0.25, -0.2) is 9.59 Å². The molecule has 0 aromatic carbocycles. The van der Waals surface area contributed by atoms with Crippen LogP contribution < -0.4 is 0 Å². The van der Waals surface area contributed by atoms with Gasteiger partial charge in [-0.05, 0) is 24.7 Å². The van der Waals surface area contributed by atoms with E-state index in [-0.39, 0.29) is 6.42 Å². The van der Waals surface area contributed by atoms with Crippen LogP contribution >= 0.6 is 0 Å². The monoisotopic (exact) mass is 424 g/mol. The van der Waals surface area contributed by atoms with Gasteiger partial charge in [0.2, 0.25) is 11.9 Å². The van der Waals surface area contributed by atoms with Crippen molar-refractivity contribution in [2.24, 2.45) is 28.1 Å². The van der Waals surface area contributed by atoms with E-state index in [1.54, 1.807) is 0 Å². The smallest absolute Gasteiger partial charge is 0.343 e. The highest BCUT2D eigenvalue weighted by molar-refractivity contribution is 5.94. The molecular formula is C20H24O10. The summed E-state index contributed by atoms with van der Waals surface area (Å²) in [6.07, 6.45) is -6.91. The number of rotatable bonds is 0. The largest absolute Gasteiger partial charge is 0.459 e. The van der Waals surface area contributed by atoms with Crippen molar-refractivity contribution in [1.82, 2.24) is 0 Å². The van der Waals surface area contributed by atoms with Crippen molar-refractivity contribution in [2.75, 3.05) is 0 Å². The maximum Gasteiger partial charge on any atom is 0.343 e. The van der Waals surface area contributed by atoms with Crippen LogP contribution in [0.15, 0.2) is 0 Å². The number of esters is 3. The second kappa shape index (κ2) is 4.69. The fourth-order valence-electron chi connectivity index (χ4n) is 8.12. The lowest BCUT2D eigenvalue weighted by Gasteiger charge is -2.47. The minimum Gasteiger partial charge on any atom is -0.459 e. The van der Waals surface area contributed by atoms with Gasteiger partial charge in [0.1, 0.15) is 12.2 Å². The molecule has 30 heavy (non-hydrogen) atoms. The molecule has 2 aliphatic carbocycles. The summed E-state index contributed by atoms with van der Waals surface area (Å²) in [5.74, 6) is -4.32. The van der Waals surface area contributed by atoms with E-state index < -0.39 is 87.9 Å². The molecule has 0 radical (unpaired) electrons. The first kappa shape index (κ1) is 19.0. The van der Waals surface area contributed by atoms with Gasteiger partial charge >= 0.3 is 17.9 Å². The second-order valence-electron chi connectivity index (χ2n) is 10.7. The highest BCUT2D eigenvalue weighted by Gasteiger charge is 3.03. The zero-order valence-electron chi connectivity index (χ0n) is 16.9. The molecule has 2 saturated carbocycles. The Kier molecular flexibility index (Phi) is 2.97. The normalized spacial score (nSPS) is 60.1. The Hall–Kier alpha value is -1.75. The van der Waals surface area contributed by atoms with Crippen molar-refractivity contribution in [1.29, 1.82) is 0 Å². The Morgan fingerprint density at radius 1 is 1.03 bits per heavy atom. The lowest BCUT2D eigenvalue weighted by molar-refractivity contribution is -0.239. The van der Waals surface area contributed by atoms with Crippen LogP contribution in [0, 0.1) is 28.1 Å². The average molecular weight is 424 g/mol. The fraction of sp³-hybridized carbons (Fsp3) is 0.850. The van der Waals surface area contributed by atoms with E-state index in [1.165, 1.54) is 6.92 Å². The minimum atomic E-state index is -2.24. The van der Waals surface area contributed by atoms with Gasteiger partial charge < -0.3 is 34.3 Å². The molecule has 10 heteroatoms. The summed E-state index contributed by atoms with van der Waals surface area (Å²) in [5.41, 5.74) is -8.26. The van der Waals surface area contributed by atoms with Crippen molar-refractivity contribution >= 4 is 17.9 Å². The van der Waals surface area contributed by atoms with Crippen LogP contribution in [0.1, 0.15) is 34.1 Å². The van der Waals surface area contributed by atoms with Crippen molar-refractivity contribution in [2.45, 2.75) is 76.0 Å². The van der Waals surface area contributed by atoms with Gasteiger partial charge in [-0.3, -0.25) is 4.79 Å². The fourth-order valence-corrected chi connectivity index (χ4v) is 8.12. The third-order valence-electron chi connectivity index (χ3n) is 9.00. The number of hydrogen-bond donors (Lipinski definition) is 3. The molecule has 11 atom stereocenters. The van der Waals surface area contributed by atoms with Crippen molar-refractivity contribution in [3.63, 3.8) is 0 Å². The first-order valence-corrected chi connectivity index (χ1v) is 10.2. The first-order valence-electron chi connectivity index (χ1n) is 10.2. The molecule has 4 heterocycles. The summed E-state index contributed by atoms with van der Waals surface area (Å²) >= 11 is 0. The molecule has 0 amide bonds. The summed E-state index contributed by atoms with van der Waals surface area (Å²) in [6.45, 7) is 7.14. The van der Waals surface area contributed by atoms with Crippen molar-refractivity contribution in [3.05, 3.63) is 0 Å². The molecule has 164 valence electrons. The van der Waals surface area contributed by atoms with E-state index in [2.05, 4.69) is 0 Å². The molecule has 6 rings (SSSR count). The number of ether oxygens (including phenoxy) is 4. The zero-order valence-corrected chi connectivity index (χ0v) is 16.9. The highest BCUT2D eigenvalue weighted by Crippen LogP contribution is 2.84. The third-order valence-corrected chi connectivity index (χ3v) is 9.00. The van der Waals surface area contributed by atoms with Crippen LogP contribution in [-0.4, -0.2) is 75.1 Å². The Balaban J connectivity index is 1.72. The Morgan fingerprint density at radius 2 is 1.70 bits per heavy atom. The van der Waals surface area contributed by atoms with E-state index in [0.29, 0.717) is 0 Å². The summed E-state index contributed by atoms with van der Waals surface area (Å²) < 4.78 is 22.5. The summed E-state index contributed by atoms with van der Waals surface area (Å²) in [5, 5.41) is 34.7. The predicted octanol–water partition coefficient (Wildman–Crippen LogP) is -1.37. The predicted molar refractivity (Wildman–Crippen MR) is 92.0 cm³/mol. The highest BCUT2D eigenvalue weighted by atomic mass is 16.8. The molecule has 4 saturated heterocycles. The number of fused-ring (bicyclic) bond motifs is 1. The van der Waals surface area contributed by atoms with E-state index >= 15 is 0 Å². The van der Waals surface area contributed by atoms with Crippen LogP contribution in [0.2, 0.25) is 0 Å².